The third-order valence-electron chi connectivity index (χ3n) is 0. The van der Waals surface area contributed by atoms with Crippen LogP contribution in [0, 0.1) is 4.91 Å². The van der Waals surface area contributed by atoms with Gasteiger partial charge in [0.2, 0.25) is 0 Å². The van der Waals surface area contributed by atoms with Gasteiger partial charge in [-0.05, 0) is 0 Å². The van der Waals surface area contributed by atoms with Crippen LogP contribution in [-0.2, 0) is 10.4 Å². The Morgan fingerprint density at radius 2 is 1.22 bits per heavy atom. The standard InChI is InChI=1S/Ca.HNO2.H2O4S.2H/c;2-1-3;1-5(2,3)4;;/h;(H,2,3);(H2,1,2,3,4);;. The summed E-state index contributed by atoms with van der Waals surface area (Å²) in [5.74, 6) is 0. The third kappa shape index (κ3) is 1300. The zero-order valence-corrected chi connectivity index (χ0v) is 4.24. The molecule has 0 unspecified atom stereocenters. The molecule has 0 rings (SSSR count). The van der Waals surface area contributed by atoms with E-state index in [9.17, 15) is 0 Å². The van der Waals surface area contributed by atoms with Gasteiger partial charge in [-0.3, -0.25) is 9.11 Å². The van der Waals surface area contributed by atoms with E-state index in [2.05, 4.69) is 0 Å². The maximum absolute atomic E-state index is 8.74. The quantitative estimate of drug-likeness (QED) is 0.185. The van der Waals surface area contributed by atoms with Crippen molar-refractivity contribution >= 4 is 48.1 Å². The zero-order valence-electron chi connectivity index (χ0n) is 3.42. The molecule has 9 heavy (non-hydrogen) atoms. The Kier molecular flexibility index (Phi) is 15.4. The summed E-state index contributed by atoms with van der Waals surface area (Å²) < 4.78 is 31.6. The molecule has 0 aliphatic carbocycles. The van der Waals surface area contributed by atoms with Gasteiger partial charge in [0.1, 0.15) is 0 Å². The minimum absolute atomic E-state index is 0. The number of hydrogen-bond acceptors (Lipinski definition) is 4. The summed E-state index contributed by atoms with van der Waals surface area (Å²) in [6, 6.07) is 0. The topological polar surface area (TPSA) is 124 Å². The monoisotopic (exact) mass is 187 g/mol. The van der Waals surface area contributed by atoms with Gasteiger partial charge in [-0.1, -0.05) is 0 Å². The van der Waals surface area contributed by atoms with Crippen molar-refractivity contribution in [2.24, 2.45) is 5.34 Å². The van der Waals surface area contributed by atoms with Crippen LogP contribution in [-0.4, -0.2) is 60.5 Å². The molecule has 0 saturated carbocycles. The summed E-state index contributed by atoms with van der Waals surface area (Å²) in [6.45, 7) is 0. The molecule has 0 spiro atoms. The van der Waals surface area contributed by atoms with Gasteiger partial charge >= 0.3 is 48.1 Å². The molecule has 9 heteroatoms. The Labute approximate surface area is 80.6 Å². The van der Waals surface area contributed by atoms with Crippen molar-refractivity contribution in [3.63, 3.8) is 0 Å². The molecule has 0 aromatic rings. The molecule has 0 aliphatic heterocycles. The van der Waals surface area contributed by atoms with E-state index in [1.807, 2.05) is 0 Å². The maximum atomic E-state index is 8.74. The SMILES string of the molecule is O=NO.O=S(=O)(O)O.[CaH2]. The predicted molar refractivity (Wildman–Crippen MR) is 30.3 cm³/mol. The Bertz CT molecular complexity index is 127. The molecule has 0 aromatic carbocycles. The van der Waals surface area contributed by atoms with Crippen LogP contribution in [0.5, 0.6) is 0 Å². The van der Waals surface area contributed by atoms with Crippen LogP contribution < -0.4 is 0 Å². The molecule has 0 bridgehead atoms. The second kappa shape index (κ2) is 8.53. The fourth-order valence-corrected chi connectivity index (χ4v) is 0. The average Bonchev–Trinajstić information content (AvgIpc) is 1.27. The summed E-state index contributed by atoms with van der Waals surface area (Å²) in [4.78, 5) is 8.11. The first-order valence-corrected chi connectivity index (χ1v) is 2.48. The predicted octanol–water partition coefficient (Wildman–Crippen LogP) is -1.43. The molecule has 0 saturated heterocycles. The minimum atomic E-state index is -4.67. The van der Waals surface area contributed by atoms with Crippen molar-refractivity contribution in [3.8, 4) is 0 Å². The van der Waals surface area contributed by atoms with Crippen molar-refractivity contribution in [2.45, 2.75) is 0 Å². The molecule has 54 valence electrons. The van der Waals surface area contributed by atoms with Crippen LogP contribution in [0.15, 0.2) is 5.34 Å². The summed E-state index contributed by atoms with van der Waals surface area (Å²) in [6.07, 6.45) is 0. The molecule has 0 radical (unpaired) electrons. The first-order valence-electron chi connectivity index (χ1n) is 1.08. The Morgan fingerprint density at radius 3 is 1.22 bits per heavy atom. The van der Waals surface area contributed by atoms with Gasteiger partial charge in [-0.25, -0.2) is 0 Å². The molecule has 0 aliphatic rings. The van der Waals surface area contributed by atoms with E-state index in [1.165, 1.54) is 5.34 Å². The van der Waals surface area contributed by atoms with E-state index in [-0.39, 0.29) is 37.7 Å². The van der Waals surface area contributed by atoms with Gasteiger partial charge < -0.3 is 5.21 Å². The van der Waals surface area contributed by atoms with Gasteiger partial charge in [-0.15, -0.1) is 4.91 Å². The molecular weight excluding hydrogens is 182 g/mol. The second-order valence-corrected chi connectivity index (χ2v) is 1.43. The Hall–Kier alpha value is 0.530. The molecular formula is H5CaNO6S. The Balaban J connectivity index is -0.0000000800. The fourth-order valence-electron chi connectivity index (χ4n) is 0. The summed E-state index contributed by atoms with van der Waals surface area (Å²) in [5.41, 5.74) is 0. The average molecular weight is 187 g/mol. The molecule has 0 heterocycles. The van der Waals surface area contributed by atoms with E-state index in [4.69, 9.17) is 27.6 Å². The second-order valence-electron chi connectivity index (χ2n) is 0.529. The molecule has 7 nitrogen and oxygen atoms in total. The molecule has 0 aromatic heterocycles. The molecule has 0 atom stereocenters. The zero-order chi connectivity index (χ0) is 7.21. The van der Waals surface area contributed by atoms with Crippen LogP contribution in [0.25, 0.3) is 0 Å². The summed E-state index contributed by atoms with van der Waals surface area (Å²) >= 11 is 0. The van der Waals surface area contributed by atoms with Crippen molar-refractivity contribution in [1.29, 1.82) is 0 Å². The van der Waals surface area contributed by atoms with Gasteiger partial charge in [0.15, 0.2) is 5.34 Å². The van der Waals surface area contributed by atoms with Gasteiger partial charge in [-0.2, -0.15) is 8.42 Å². The van der Waals surface area contributed by atoms with Crippen molar-refractivity contribution in [1.82, 2.24) is 0 Å². The normalized spacial score (nSPS) is 7.78. The van der Waals surface area contributed by atoms with Gasteiger partial charge in [0.25, 0.3) is 0 Å². The van der Waals surface area contributed by atoms with Crippen LogP contribution in [0.1, 0.15) is 0 Å². The van der Waals surface area contributed by atoms with Gasteiger partial charge in [0, 0.05) is 0 Å². The van der Waals surface area contributed by atoms with E-state index in [0.717, 1.165) is 0 Å². The Morgan fingerprint density at radius 1 is 1.22 bits per heavy atom. The van der Waals surface area contributed by atoms with Crippen LogP contribution in [0.2, 0.25) is 0 Å². The number of rotatable bonds is 0. The van der Waals surface area contributed by atoms with Crippen molar-refractivity contribution in [3.05, 3.63) is 4.91 Å². The van der Waals surface area contributed by atoms with Crippen LogP contribution in [0.3, 0.4) is 0 Å². The first-order chi connectivity index (χ1) is 3.41. The van der Waals surface area contributed by atoms with E-state index in [0.29, 0.717) is 0 Å². The molecule has 3 N–H and O–H groups in total. The third-order valence-corrected chi connectivity index (χ3v) is 0. The number of hydrogen-bond donors (Lipinski definition) is 3. The van der Waals surface area contributed by atoms with Crippen LogP contribution in [0.4, 0.5) is 0 Å². The van der Waals surface area contributed by atoms with Gasteiger partial charge in [0.05, 0.1) is 0 Å². The van der Waals surface area contributed by atoms with Crippen LogP contribution >= 0.6 is 0 Å². The first kappa shape index (κ1) is 16.3. The summed E-state index contributed by atoms with van der Waals surface area (Å²) in [7, 11) is -4.67. The molecule has 0 amide bonds. The van der Waals surface area contributed by atoms with E-state index >= 15 is 0 Å². The number of nitrogens with zero attached hydrogens (tertiary/aromatic N) is 1. The fraction of sp³-hybridized carbons (Fsp3) is 0. The van der Waals surface area contributed by atoms with Crippen molar-refractivity contribution in [2.75, 3.05) is 0 Å². The summed E-state index contributed by atoms with van der Waals surface area (Å²) in [5, 5.41) is 7.89. The molecule has 0 fully saturated rings. The van der Waals surface area contributed by atoms with E-state index < -0.39 is 10.4 Å². The van der Waals surface area contributed by atoms with E-state index in [1.54, 1.807) is 0 Å². The van der Waals surface area contributed by atoms with Crippen molar-refractivity contribution < 1.29 is 22.7 Å².